The summed E-state index contributed by atoms with van der Waals surface area (Å²) in [6, 6.07) is -0.233. The Morgan fingerprint density at radius 3 is 2.86 bits per heavy atom. The first kappa shape index (κ1) is 15.7. The van der Waals surface area contributed by atoms with Crippen LogP contribution < -0.4 is 5.73 Å². The molecule has 0 aliphatic heterocycles. The molecule has 22 heavy (non-hydrogen) atoms. The van der Waals surface area contributed by atoms with Crippen molar-refractivity contribution in [2.75, 3.05) is 12.3 Å². The van der Waals surface area contributed by atoms with Gasteiger partial charge in [-0.1, -0.05) is 0 Å². The van der Waals surface area contributed by atoms with E-state index in [0.29, 0.717) is 24.0 Å². The van der Waals surface area contributed by atoms with E-state index in [9.17, 15) is 5.11 Å². The fourth-order valence-electron chi connectivity index (χ4n) is 2.84. The minimum absolute atomic E-state index is 0.0294. The molecule has 9 nitrogen and oxygen atoms in total. The van der Waals surface area contributed by atoms with Crippen LogP contribution in [0.4, 0.5) is 5.82 Å². The van der Waals surface area contributed by atoms with E-state index in [4.69, 9.17) is 20.0 Å². The van der Waals surface area contributed by atoms with Crippen LogP contribution in [0.3, 0.4) is 0 Å². The number of nitrogen functional groups attached to an aromatic ring is 1. The number of anilines is 1. The summed E-state index contributed by atoms with van der Waals surface area (Å²) in [6.07, 6.45) is 3.38. The first-order valence-electron chi connectivity index (χ1n) is 6.66. The molecule has 2 aromatic heterocycles. The third-order valence-corrected chi connectivity index (χ3v) is 4.62. The molecular formula is C11H16N5O4PS. The van der Waals surface area contributed by atoms with Gasteiger partial charge in [0, 0.05) is 0 Å². The van der Waals surface area contributed by atoms with E-state index in [1.54, 1.807) is 10.9 Å². The molecule has 3 atom stereocenters. The van der Waals surface area contributed by atoms with Gasteiger partial charge in [-0.2, -0.15) is 0 Å². The van der Waals surface area contributed by atoms with Crippen LogP contribution in [0, 0.1) is 5.92 Å². The second-order valence-corrected chi connectivity index (χ2v) is 8.01. The maximum atomic E-state index is 10.3. The first-order chi connectivity index (χ1) is 10.3. The van der Waals surface area contributed by atoms with E-state index in [-0.39, 0.29) is 24.4 Å². The smallest absolute Gasteiger partial charge is 0.321 e. The summed E-state index contributed by atoms with van der Waals surface area (Å²) in [5.74, 6) is 0.260. The molecule has 11 heteroatoms. The predicted molar refractivity (Wildman–Crippen MR) is 82.2 cm³/mol. The van der Waals surface area contributed by atoms with E-state index >= 15 is 0 Å². The minimum Gasteiger partial charge on any atom is -0.391 e. The summed E-state index contributed by atoms with van der Waals surface area (Å²) in [4.78, 5) is 30.5. The molecule has 5 N–H and O–H groups in total. The molecule has 1 saturated carbocycles. The van der Waals surface area contributed by atoms with Crippen molar-refractivity contribution < 1.29 is 19.4 Å². The molecule has 0 aromatic carbocycles. The fraction of sp³-hybridized carbons (Fsp3) is 0.545. The van der Waals surface area contributed by atoms with E-state index < -0.39 is 12.8 Å². The Morgan fingerprint density at radius 2 is 2.14 bits per heavy atom. The molecule has 0 amide bonds. The van der Waals surface area contributed by atoms with Gasteiger partial charge in [0.1, 0.15) is 11.8 Å². The SMILES string of the molecule is Nc1ncnc2c1ncn2[C@@H]1C[C@H](COP(O)(O)=S)C[C@H]1O. The minimum atomic E-state index is -3.67. The average Bonchev–Trinajstić information content (AvgIpc) is 3.00. The number of hydrogen-bond acceptors (Lipinski definition) is 7. The quantitative estimate of drug-likeness (QED) is 0.561. The summed E-state index contributed by atoms with van der Waals surface area (Å²) in [5.41, 5.74) is 6.81. The highest BCUT2D eigenvalue weighted by molar-refractivity contribution is 8.06. The van der Waals surface area contributed by atoms with Gasteiger partial charge in [-0.3, -0.25) is 0 Å². The van der Waals surface area contributed by atoms with Gasteiger partial charge in [0.15, 0.2) is 11.5 Å². The third kappa shape index (κ3) is 3.12. The van der Waals surface area contributed by atoms with Crippen LogP contribution in [-0.2, 0) is 16.3 Å². The van der Waals surface area contributed by atoms with Gasteiger partial charge in [0.2, 0.25) is 0 Å². The molecular weight excluding hydrogens is 329 g/mol. The van der Waals surface area contributed by atoms with Crippen molar-refractivity contribution in [3.8, 4) is 0 Å². The summed E-state index contributed by atoms with van der Waals surface area (Å²) >= 11 is 4.43. The zero-order valence-electron chi connectivity index (χ0n) is 11.5. The van der Waals surface area contributed by atoms with Crippen LogP contribution in [0.15, 0.2) is 12.7 Å². The van der Waals surface area contributed by atoms with E-state index in [1.165, 1.54) is 6.33 Å². The molecule has 2 aromatic rings. The van der Waals surface area contributed by atoms with E-state index in [1.807, 2.05) is 0 Å². The molecule has 120 valence electrons. The average molecular weight is 345 g/mol. The van der Waals surface area contributed by atoms with Gasteiger partial charge in [-0.15, -0.1) is 0 Å². The Labute approximate surface area is 131 Å². The van der Waals surface area contributed by atoms with Gasteiger partial charge in [0.05, 0.1) is 25.1 Å². The summed E-state index contributed by atoms with van der Waals surface area (Å²) in [6.45, 7) is -3.57. The topological polar surface area (TPSA) is 140 Å². The van der Waals surface area contributed by atoms with Crippen molar-refractivity contribution in [1.29, 1.82) is 0 Å². The predicted octanol–water partition coefficient (Wildman–Crippen LogP) is -0.0538. The zero-order valence-corrected chi connectivity index (χ0v) is 13.2. The Morgan fingerprint density at radius 1 is 1.36 bits per heavy atom. The second kappa shape index (κ2) is 5.80. The number of imidazole rings is 1. The Kier molecular flexibility index (Phi) is 4.15. The lowest BCUT2D eigenvalue weighted by molar-refractivity contribution is 0.132. The summed E-state index contributed by atoms with van der Waals surface area (Å²) in [7, 11) is 0. The van der Waals surface area contributed by atoms with Gasteiger partial charge < -0.3 is 29.7 Å². The van der Waals surface area contributed by atoms with Crippen molar-refractivity contribution in [2.24, 2.45) is 5.92 Å². The summed E-state index contributed by atoms with van der Waals surface area (Å²) < 4.78 is 6.66. The lowest BCUT2D eigenvalue weighted by Crippen LogP contribution is -2.17. The third-order valence-electron chi connectivity index (χ3n) is 3.82. The largest absolute Gasteiger partial charge is 0.391 e. The number of nitrogens with zero attached hydrogens (tertiary/aromatic N) is 4. The maximum Gasteiger partial charge on any atom is 0.321 e. The highest BCUT2D eigenvalue weighted by Gasteiger charge is 2.36. The van der Waals surface area contributed by atoms with Crippen molar-refractivity contribution in [1.82, 2.24) is 19.5 Å². The standard InChI is InChI=1S/C11H16N5O4PS/c12-10-9-11(14-4-13-10)16(5-15-9)7-1-6(2-8(7)17)3-20-21(18,19)22/h4-8,17H,1-3H2,(H2,12,13,14)(H2,18,19,22)/t6-,7+,8+/m0/s1. The molecule has 1 aliphatic carbocycles. The number of aliphatic hydroxyl groups excluding tert-OH is 1. The number of hydrogen-bond donors (Lipinski definition) is 4. The van der Waals surface area contributed by atoms with Gasteiger partial charge in [0.25, 0.3) is 0 Å². The normalized spacial score (nSPS) is 25.9. The van der Waals surface area contributed by atoms with Gasteiger partial charge >= 0.3 is 6.72 Å². The van der Waals surface area contributed by atoms with Crippen molar-refractivity contribution in [2.45, 2.75) is 25.0 Å². The number of aliphatic hydroxyl groups is 1. The highest BCUT2D eigenvalue weighted by atomic mass is 32.5. The van der Waals surface area contributed by atoms with E-state index in [2.05, 4.69) is 26.8 Å². The monoisotopic (exact) mass is 345 g/mol. The van der Waals surface area contributed by atoms with Gasteiger partial charge in [-0.25, -0.2) is 15.0 Å². The van der Waals surface area contributed by atoms with Gasteiger partial charge in [-0.05, 0) is 30.6 Å². The summed E-state index contributed by atoms with van der Waals surface area (Å²) in [5, 5.41) is 10.3. The molecule has 0 spiro atoms. The molecule has 0 radical (unpaired) electrons. The lowest BCUT2D eigenvalue weighted by atomic mass is 10.1. The maximum absolute atomic E-state index is 10.3. The Bertz CT molecular complexity index is 734. The molecule has 1 fully saturated rings. The van der Waals surface area contributed by atoms with Crippen LogP contribution in [-0.4, -0.2) is 47.1 Å². The number of fused-ring (bicyclic) bond motifs is 1. The zero-order chi connectivity index (χ0) is 15.9. The fourth-order valence-corrected chi connectivity index (χ4v) is 3.43. The number of aromatic nitrogens is 4. The van der Waals surface area contributed by atoms with E-state index in [0.717, 1.165) is 0 Å². The van der Waals surface area contributed by atoms with Crippen molar-refractivity contribution >= 4 is 35.5 Å². The molecule has 0 saturated heterocycles. The first-order valence-corrected chi connectivity index (χ1v) is 9.29. The number of rotatable bonds is 4. The molecule has 0 unspecified atom stereocenters. The molecule has 2 heterocycles. The van der Waals surface area contributed by atoms with Crippen LogP contribution in [0.5, 0.6) is 0 Å². The molecule has 1 aliphatic rings. The molecule has 0 bridgehead atoms. The molecule has 3 rings (SSSR count). The Hall–Kier alpha value is -1.16. The number of nitrogens with two attached hydrogens (primary N) is 1. The van der Waals surface area contributed by atoms with Crippen LogP contribution in [0.1, 0.15) is 18.9 Å². The highest BCUT2D eigenvalue weighted by Crippen LogP contribution is 2.41. The van der Waals surface area contributed by atoms with Crippen molar-refractivity contribution in [3.63, 3.8) is 0 Å². The second-order valence-electron chi connectivity index (χ2n) is 5.34. The Balaban J connectivity index is 1.80. The lowest BCUT2D eigenvalue weighted by Gasteiger charge is -2.16. The van der Waals surface area contributed by atoms with Crippen LogP contribution >= 0.6 is 6.72 Å². The van der Waals surface area contributed by atoms with Crippen molar-refractivity contribution in [3.05, 3.63) is 12.7 Å². The van der Waals surface area contributed by atoms with Crippen LogP contribution in [0.2, 0.25) is 0 Å². The van der Waals surface area contributed by atoms with Crippen LogP contribution in [0.25, 0.3) is 11.2 Å².